The predicted molar refractivity (Wildman–Crippen MR) is 90.6 cm³/mol. The Bertz CT molecular complexity index is 806. The molecule has 10 heteroatoms. The number of ether oxygens (including phenoxy) is 1. The number of benzene rings is 1. The Kier molecular flexibility index (Phi) is 6.41. The molecule has 0 spiro atoms. The van der Waals surface area contributed by atoms with Crippen LogP contribution in [0.15, 0.2) is 34.9 Å². The summed E-state index contributed by atoms with van der Waals surface area (Å²) in [6.07, 6.45) is -2.88. The minimum atomic E-state index is -4.58. The Morgan fingerprint density at radius 1 is 1.31 bits per heavy atom. The van der Waals surface area contributed by atoms with Gasteiger partial charge in [0.2, 0.25) is 5.91 Å². The molecular formula is C16H15BrF3N3O3. The normalized spacial score (nSPS) is 11.3. The highest BCUT2D eigenvalue weighted by molar-refractivity contribution is 9.10. The van der Waals surface area contributed by atoms with Gasteiger partial charge in [-0.3, -0.25) is 9.48 Å². The minimum Gasteiger partial charge on any atom is -0.462 e. The predicted octanol–water partition coefficient (Wildman–Crippen LogP) is 3.87. The summed E-state index contributed by atoms with van der Waals surface area (Å²) in [5.41, 5.74) is -0.752. The van der Waals surface area contributed by atoms with Crippen LogP contribution < -0.4 is 5.32 Å². The zero-order valence-corrected chi connectivity index (χ0v) is 15.2. The van der Waals surface area contributed by atoms with Gasteiger partial charge < -0.3 is 10.1 Å². The second-order valence-electron chi connectivity index (χ2n) is 5.27. The average molecular weight is 434 g/mol. The zero-order valence-electron chi connectivity index (χ0n) is 13.6. The molecular weight excluding hydrogens is 419 g/mol. The van der Waals surface area contributed by atoms with Crippen LogP contribution in [-0.4, -0.2) is 28.3 Å². The highest BCUT2D eigenvalue weighted by Gasteiger charge is 2.33. The third-order valence-corrected chi connectivity index (χ3v) is 3.64. The topological polar surface area (TPSA) is 73.2 Å². The van der Waals surface area contributed by atoms with E-state index in [2.05, 4.69) is 26.3 Å². The van der Waals surface area contributed by atoms with Crippen molar-refractivity contribution in [3.05, 3.63) is 46.2 Å². The third-order valence-electron chi connectivity index (χ3n) is 3.15. The van der Waals surface area contributed by atoms with E-state index in [9.17, 15) is 22.8 Å². The van der Waals surface area contributed by atoms with Crippen LogP contribution in [0.2, 0.25) is 0 Å². The second-order valence-corrected chi connectivity index (χ2v) is 6.19. The monoisotopic (exact) mass is 433 g/mol. The first kappa shape index (κ1) is 20.0. The number of nitrogens with zero attached hydrogens (tertiary/aromatic N) is 2. The molecule has 26 heavy (non-hydrogen) atoms. The fourth-order valence-electron chi connectivity index (χ4n) is 2.00. The summed E-state index contributed by atoms with van der Waals surface area (Å²) in [6.45, 7) is 1.64. The van der Waals surface area contributed by atoms with Crippen molar-refractivity contribution < 1.29 is 27.5 Å². The van der Waals surface area contributed by atoms with Gasteiger partial charge in [-0.25, -0.2) is 4.79 Å². The molecule has 0 bridgehead atoms. The lowest BCUT2D eigenvalue weighted by molar-refractivity contribution is -0.141. The first-order chi connectivity index (χ1) is 12.2. The second kappa shape index (κ2) is 8.35. The number of halogens is 4. The lowest BCUT2D eigenvalue weighted by Crippen LogP contribution is -2.21. The van der Waals surface area contributed by atoms with Crippen molar-refractivity contribution in [3.8, 4) is 0 Å². The van der Waals surface area contributed by atoms with Crippen molar-refractivity contribution in [1.29, 1.82) is 0 Å². The SMILES string of the molecule is CCCOC(=O)c1cc(Br)ccc1NC(=O)Cn1ccc(C(F)(F)F)n1. The van der Waals surface area contributed by atoms with E-state index < -0.39 is 30.3 Å². The summed E-state index contributed by atoms with van der Waals surface area (Å²) < 4.78 is 44.1. The summed E-state index contributed by atoms with van der Waals surface area (Å²) in [5, 5.41) is 5.80. The Labute approximate surface area is 155 Å². The molecule has 0 aliphatic heterocycles. The van der Waals surface area contributed by atoms with E-state index in [1.165, 1.54) is 12.1 Å². The van der Waals surface area contributed by atoms with Crippen molar-refractivity contribution in [2.24, 2.45) is 0 Å². The van der Waals surface area contributed by atoms with Gasteiger partial charge in [0.1, 0.15) is 6.54 Å². The lowest BCUT2D eigenvalue weighted by Gasteiger charge is -2.11. The van der Waals surface area contributed by atoms with Crippen LogP contribution in [0.1, 0.15) is 29.4 Å². The van der Waals surface area contributed by atoms with Gasteiger partial charge in [-0.15, -0.1) is 0 Å². The molecule has 2 aromatic rings. The van der Waals surface area contributed by atoms with Crippen LogP contribution in [0, 0.1) is 0 Å². The van der Waals surface area contributed by atoms with Crippen LogP contribution in [0.3, 0.4) is 0 Å². The maximum atomic E-state index is 12.5. The first-order valence-electron chi connectivity index (χ1n) is 7.58. The molecule has 0 radical (unpaired) electrons. The van der Waals surface area contributed by atoms with E-state index in [1.54, 1.807) is 6.07 Å². The largest absolute Gasteiger partial charge is 0.462 e. The number of anilines is 1. The van der Waals surface area contributed by atoms with Crippen LogP contribution in [-0.2, 0) is 22.3 Å². The van der Waals surface area contributed by atoms with E-state index in [4.69, 9.17) is 4.74 Å². The van der Waals surface area contributed by atoms with Gasteiger partial charge in [0, 0.05) is 10.7 Å². The number of alkyl halides is 3. The number of aromatic nitrogens is 2. The van der Waals surface area contributed by atoms with Crippen molar-refractivity contribution >= 4 is 33.5 Å². The number of rotatable bonds is 6. The van der Waals surface area contributed by atoms with Gasteiger partial charge in [0.25, 0.3) is 0 Å². The quantitative estimate of drug-likeness (QED) is 0.701. The molecule has 140 valence electrons. The van der Waals surface area contributed by atoms with Gasteiger partial charge in [0.05, 0.1) is 17.9 Å². The van der Waals surface area contributed by atoms with Crippen molar-refractivity contribution in [2.45, 2.75) is 26.1 Å². The van der Waals surface area contributed by atoms with Gasteiger partial charge in [-0.2, -0.15) is 18.3 Å². The minimum absolute atomic E-state index is 0.137. The smallest absolute Gasteiger partial charge is 0.435 e. The van der Waals surface area contributed by atoms with E-state index in [1.807, 2.05) is 6.92 Å². The Morgan fingerprint density at radius 3 is 2.65 bits per heavy atom. The highest BCUT2D eigenvalue weighted by Crippen LogP contribution is 2.27. The molecule has 0 unspecified atom stereocenters. The Balaban J connectivity index is 2.11. The molecule has 1 N–H and O–H groups in total. The maximum absolute atomic E-state index is 12.5. The van der Waals surface area contributed by atoms with Gasteiger partial charge in [-0.1, -0.05) is 22.9 Å². The summed E-state index contributed by atoms with van der Waals surface area (Å²) in [5.74, 6) is -1.24. The molecule has 0 fully saturated rings. The molecule has 0 aliphatic carbocycles. The molecule has 0 saturated carbocycles. The first-order valence-corrected chi connectivity index (χ1v) is 8.37. The number of carbonyl (C=O) groups is 2. The molecule has 1 heterocycles. The lowest BCUT2D eigenvalue weighted by atomic mass is 10.2. The van der Waals surface area contributed by atoms with Gasteiger partial charge in [0.15, 0.2) is 5.69 Å². The number of esters is 1. The van der Waals surface area contributed by atoms with Crippen LogP contribution in [0.25, 0.3) is 0 Å². The number of hydrogen-bond acceptors (Lipinski definition) is 4. The third kappa shape index (κ3) is 5.32. The zero-order chi connectivity index (χ0) is 19.3. The van der Waals surface area contributed by atoms with E-state index in [0.717, 1.165) is 16.9 Å². The van der Waals surface area contributed by atoms with Crippen LogP contribution >= 0.6 is 15.9 Å². The van der Waals surface area contributed by atoms with E-state index >= 15 is 0 Å². The fourth-order valence-corrected chi connectivity index (χ4v) is 2.37. The molecule has 0 saturated heterocycles. The molecule has 1 aromatic heterocycles. The Morgan fingerprint density at radius 2 is 2.04 bits per heavy atom. The molecule has 0 atom stereocenters. The molecule has 1 amide bonds. The Hall–Kier alpha value is -2.36. The molecule has 2 rings (SSSR count). The maximum Gasteiger partial charge on any atom is 0.435 e. The average Bonchev–Trinajstić information content (AvgIpc) is 3.03. The van der Waals surface area contributed by atoms with Crippen molar-refractivity contribution in [2.75, 3.05) is 11.9 Å². The summed E-state index contributed by atoms with van der Waals surface area (Å²) in [4.78, 5) is 24.2. The fraction of sp³-hybridized carbons (Fsp3) is 0.312. The highest BCUT2D eigenvalue weighted by atomic mass is 79.9. The van der Waals surface area contributed by atoms with Crippen molar-refractivity contribution in [1.82, 2.24) is 9.78 Å². The number of amides is 1. The summed E-state index contributed by atoms with van der Waals surface area (Å²) in [6, 6.07) is 5.38. The number of nitrogens with one attached hydrogen (secondary N) is 1. The molecule has 0 aliphatic rings. The van der Waals surface area contributed by atoms with Crippen LogP contribution in [0.5, 0.6) is 0 Å². The number of hydrogen-bond donors (Lipinski definition) is 1. The standard InChI is InChI=1S/C16H15BrF3N3O3/c1-2-7-26-15(25)11-8-10(17)3-4-12(11)21-14(24)9-23-6-5-13(22-23)16(18,19)20/h3-6,8H,2,7,9H2,1H3,(H,21,24). The molecule has 1 aromatic carbocycles. The summed E-state index contributed by atoms with van der Waals surface area (Å²) in [7, 11) is 0. The summed E-state index contributed by atoms with van der Waals surface area (Å²) >= 11 is 3.23. The number of carbonyl (C=O) groups excluding carboxylic acids is 2. The van der Waals surface area contributed by atoms with Gasteiger partial charge in [-0.05, 0) is 30.7 Å². The van der Waals surface area contributed by atoms with E-state index in [-0.39, 0.29) is 17.9 Å². The van der Waals surface area contributed by atoms with Crippen LogP contribution in [0.4, 0.5) is 18.9 Å². The van der Waals surface area contributed by atoms with Gasteiger partial charge >= 0.3 is 12.1 Å². The van der Waals surface area contributed by atoms with E-state index in [0.29, 0.717) is 10.9 Å². The van der Waals surface area contributed by atoms with Crippen molar-refractivity contribution in [3.63, 3.8) is 0 Å². The molecule has 6 nitrogen and oxygen atoms in total.